The third-order valence-electron chi connectivity index (χ3n) is 3.33. The standard InChI is InChI=1S/C13H22N4S.HI/c1-9-12(18-10(2)16-9)7-8-15-13(14)17-11-5-3-4-6-11;/h11H,3-8H2,1-2H3,(H3,14,15,17);1H. The van der Waals surface area contributed by atoms with Crippen molar-refractivity contribution in [1.29, 1.82) is 0 Å². The van der Waals surface area contributed by atoms with Crippen LogP contribution in [0.15, 0.2) is 4.99 Å². The average Bonchev–Trinajstić information content (AvgIpc) is 2.89. The van der Waals surface area contributed by atoms with Crippen molar-refractivity contribution in [3.05, 3.63) is 15.6 Å². The number of thiazole rings is 1. The molecule has 0 bridgehead atoms. The van der Waals surface area contributed by atoms with E-state index in [1.807, 2.05) is 6.92 Å². The normalized spacial score (nSPS) is 16.4. The zero-order valence-electron chi connectivity index (χ0n) is 11.6. The Hall–Kier alpha value is -0.370. The highest BCUT2D eigenvalue weighted by molar-refractivity contribution is 14.0. The Kier molecular flexibility index (Phi) is 7.06. The molecule has 4 nitrogen and oxygen atoms in total. The summed E-state index contributed by atoms with van der Waals surface area (Å²) in [6, 6.07) is 0.543. The summed E-state index contributed by atoms with van der Waals surface area (Å²) in [6.07, 6.45) is 6.01. The van der Waals surface area contributed by atoms with Crippen LogP contribution in [0.2, 0.25) is 0 Å². The summed E-state index contributed by atoms with van der Waals surface area (Å²) in [5.74, 6) is 0.598. The van der Waals surface area contributed by atoms with Crippen LogP contribution in [0, 0.1) is 13.8 Å². The van der Waals surface area contributed by atoms with E-state index in [2.05, 4.69) is 22.2 Å². The second kappa shape index (κ2) is 8.04. The maximum Gasteiger partial charge on any atom is 0.188 e. The van der Waals surface area contributed by atoms with Gasteiger partial charge in [0.1, 0.15) is 0 Å². The fourth-order valence-electron chi connectivity index (χ4n) is 2.41. The van der Waals surface area contributed by atoms with Gasteiger partial charge in [0.2, 0.25) is 0 Å². The number of guanidine groups is 1. The van der Waals surface area contributed by atoms with Crippen LogP contribution in [0.3, 0.4) is 0 Å². The second-order valence-electron chi connectivity index (χ2n) is 4.88. The van der Waals surface area contributed by atoms with Gasteiger partial charge in [0.15, 0.2) is 5.96 Å². The molecule has 0 radical (unpaired) electrons. The van der Waals surface area contributed by atoms with Crippen molar-refractivity contribution in [3.8, 4) is 0 Å². The molecule has 0 amide bonds. The smallest absolute Gasteiger partial charge is 0.188 e. The number of aromatic nitrogens is 1. The molecular formula is C13H23IN4S. The van der Waals surface area contributed by atoms with E-state index in [1.165, 1.54) is 30.6 Å². The summed E-state index contributed by atoms with van der Waals surface area (Å²) in [7, 11) is 0. The average molecular weight is 394 g/mol. The van der Waals surface area contributed by atoms with Crippen LogP contribution in [0.1, 0.15) is 41.3 Å². The van der Waals surface area contributed by atoms with Gasteiger partial charge in [-0.3, -0.25) is 4.99 Å². The lowest BCUT2D eigenvalue weighted by Gasteiger charge is -2.11. The van der Waals surface area contributed by atoms with Gasteiger partial charge in [-0.2, -0.15) is 0 Å². The molecule has 1 saturated carbocycles. The third kappa shape index (κ3) is 5.25. The quantitative estimate of drug-likeness (QED) is 0.469. The summed E-state index contributed by atoms with van der Waals surface area (Å²) in [6.45, 7) is 4.84. The molecule has 0 atom stereocenters. The summed E-state index contributed by atoms with van der Waals surface area (Å²) in [5, 5.41) is 4.43. The number of rotatable bonds is 4. The molecule has 0 aromatic carbocycles. The number of halogens is 1. The Morgan fingerprint density at radius 3 is 2.68 bits per heavy atom. The Morgan fingerprint density at radius 2 is 2.11 bits per heavy atom. The monoisotopic (exact) mass is 394 g/mol. The van der Waals surface area contributed by atoms with Crippen molar-refractivity contribution >= 4 is 41.3 Å². The van der Waals surface area contributed by atoms with E-state index in [1.54, 1.807) is 11.3 Å². The van der Waals surface area contributed by atoms with Gasteiger partial charge in [0.25, 0.3) is 0 Å². The van der Waals surface area contributed by atoms with Crippen LogP contribution in [0.4, 0.5) is 0 Å². The fourth-order valence-corrected chi connectivity index (χ4v) is 3.33. The minimum atomic E-state index is 0. The molecule has 1 aliphatic carbocycles. The summed E-state index contributed by atoms with van der Waals surface area (Å²) < 4.78 is 0. The van der Waals surface area contributed by atoms with Crippen LogP contribution < -0.4 is 11.1 Å². The minimum Gasteiger partial charge on any atom is -0.370 e. The van der Waals surface area contributed by atoms with Gasteiger partial charge in [-0.1, -0.05) is 12.8 Å². The van der Waals surface area contributed by atoms with Gasteiger partial charge in [-0.25, -0.2) is 4.98 Å². The maximum atomic E-state index is 5.89. The molecule has 0 spiro atoms. The topological polar surface area (TPSA) is 63.3 Å². The van der Waals surface area contributed by atoms with Gasteiger partial charge in [-0.15, -0.1) is 35.3 Å². The predicted octanol–water partition coefficient (Wildman–Crippen LogP) is 2.77. The molecule has 108 valence electrons. The van der Waals surface area contributed by atoms with Crippen molar-refractivity contribution in [2.45, 2.75) is 52.0 Å². The van der Waals surface area contributed by atoms with Gasteiger partial charge < -0.3 is 11.1 Å². The highest BCUT2D eigenvalue weighted by Crippen LogP contribution is 2.18. The molecule has 0 aliphatic heterocycles. The summed E-state index contributed by atoms with van der Waals surface area (Å²) in [5.41, 5.74) is 7.02. The predicted molar refractivity (Wildman–Crippen MR) is 92.6 cm³/mol. The van der Waals surface area contributed by atoms with Crippen molar-refractivity contribution in [3.63, 3.8) is 0 Å². The lowest BCUT2D eigenvalue weighted by Crippen LogP contribution is -2.38. The minimum absolute atomic E-state index is 0. The van der Waals surface area contributed by atoms with E-state index in [4.69, 9.17) is 5.73 Å². The Bertz CT molecular complexity index is 424. The highest BCUT2D eigenvalue weighted by atomic mass is 127. The highest BCUT2D eigenvalue weighted by Gasteiger charge is 2.14. The maximum absolute atomic E-state index is 5.89. The molecule has 0 unspecified atom stereocenters. The van der Waals surface area contributed by atoms with E-state index < -0.39 is 0 Å². The molecule has 1 aromatic heterocycles. The molecule has 6 heteroatoms. The number of hydrogen-bond acceptors (Lipinski definition) is 3. The van der Waals surface area contributed by atoms with E-state index >= 15 is 0 Å². The van der Waals surface area contributed by atoms with Crippen LogP contribution in [-0.4, -0.2) is 23.5 Å². The van der Waals surface area contributed by atoms with Crippen molar-refractivity contribution < 1.29 is 0 Å². The van der Waals surface area contributed by atoms with Gasteiger partial charge in [0, 0.05) is 23.9 Å². The van der Waals surface area contributed by atoms with Crippen LogP contribution in [0.25, 0.3) is 0 Å². The van der Waals surface area contributed by atoms with Crippen LogP contribution >= 0.6 is 35.3 Å². The first-order valence-corrected chi connectivity index (χ1v) is 7.46. The zero-order chi connectivity index (χ0) is 13.0. The Balaban J connectivity index is 0.00000180. The van der Waals surface area contributed by atoms with Gasteiger partial charge in [-0.05, 0) is 26.7 Å². The summed E-state index contributed by atoms with van der Waals surface area (Å²) >= 11 is 1.76. The largest absolute Gasteiger partial charge is 0.370 e. The number of nitrogens with one attached hydrogen (secondary N) is 1. The number of hydrogen-bond donors (Lipinski definition) is 2. The molecule has 19 heavy (non-hydrogen) atoms. The zero-order valence-corrected chi connectivity index (χ0v) is 14.8. The molecule has 2 rings (SSSR count). The van der Waals surface area contributed by atoms with E-state index in [0.717, 1.165) is 23.7 Å². The second-order valence-corrected chi connectivity index (χ2v) is 6.17. The molecule has 3 N–H and O–H groups in total. The number of nitrogens with two attached hydrogens (primary N) is 1. The van der Waals surface area contributed by atoms with Crippen molar-refractivity contribution in [1.82, 2.24) is 10.3 Å². The van der Waals surface area contributed by atoms with Gasteiger partial charge in [0.05, 0.1) is 10.7 Å². The molecule has 1 heterocycles. The third-order valence-corrected chi connectivity index (χ3v) is 4.46. The van der Waals surface area contributed by atoms with E-state index in [-0.39, 0.29) is 24.0 Å². The SMILES string of the molecule is Cc1nc(C)c(CCN=C(N)NC2CCCC2)s1.I. The lowest BCUT2D eigenvalue weighted by molar-refractivity contribution is 0.625. The van der Waals surface area contributed by atoms with E-state index in [0.29, 0.717) is 12.0 Å². The first kappa shape index (κ1) is 16.7. The molecular weight excluding hydrogens is 371 g/mol. The van der Waals surface area contributed by atoms with Crippen LogP contribution in [0.5, 0.6) is 0 Å². The lowest BCUT2D eigenvalue weighted by atomic mass is 10.2. The number of nitrogens with zero attached hydrogens (tertiary/aromatic N) is 2. The van der Waals surface area contributed by atoms with Crippen LogP contribution in [-0.2, 0) is 6.42 Å². The van der Waals surface area contributed by atoms with Crippen molar-refractivity contribution in [2.24, 2.45) is 10.7 Å². The molecule has 1 aromatic rings. The Morgan fingerprint density at radius 1 is 1.42 bits per heavy atom. The Labute approximate surface area is 136 Å². The van der Waals surface area contributed by atoms with Gasteiger partial charge >= 0.3 is 0 Å². The number of aliphatic imine (C=N–C) groups is 1. The molecule has 0 saturated heterocycles. The van der Waals surface area contributed by atoms with E-state index in [9.17, 15) is 0 Å². The first-order valence-electron chi connectivity index (χ1n) is 6.64. The first-order chi connectivity index (χ1) is 8.65. The number of aryl methyl sites for hydroxylation is 2. The van der Waals surface area contributed by atoms with Crippen molar-refractivity contribution in [2.75, 3.05) is 6.54 Å². The summed E-state index contributed by atoms with van der Waals surface area (Å²) in [4.78, 5) is 10.1. The fraction of sp³-hybridized carbons (Fsp3) is 0.692. The molecule has 1 fully saturated rings. The molecule has 1 aliphatic rings.